The minimum atomic E-state index is -0.941. The number of nitrogens with zero attached hydrogens (tertiary/aromatic N) is 1. The Hall–Kier alpha value is -1.61. The molecular weight excluding hydrogens is 286 g/mol. The molecule has 2 rings (SSSR count). The molecule has 3 nitrogen and oxygen atoms in total. The maximum absolute atomic E-state index is 11.8. The lowest BCUT2D eigenvalue weighted by molar-refractivity contribution is 0.0697. The molecule has 1 aromatic carbocycles. The van der Waals surface area contributed by atoms with Crippen LogP contribution in [0, 0.1) is 5.92 Å². The van der Waals surface area contributed by atoms with Gasteiger partial charge in [0, 0.05) is 11.1 Å². The monoisotopic (exact) mass is 305 g/mol. The SMILES string of the molecule is CC(C)Cc1nc2cccc(Cl)c2c(C(=O)O)c1C(C)C. The second kappa shape index (κ2) is 6.02. The lowest BCUT2D eigenvalue weighted by Gasteiger charge is -2.19. The highest BCUT2D eigenvalue weighted by Gasteiger charge is 2.23. The van der Waals surface area contributed by atoms with E-state index in [4.69, 9.17) is 16.6 Å². The minimum Gasteiger partial charge on any atom is -0.478 e. The van der Waals surface area contributed by atoms with Gasteiger partial charge in [0.15, 0.2) is 0 Å². The fraction of sp³-hybridized carbons (Fsp3) is 0.412. The van der Waals surface area contributed by atoms with E-state index >= 15 is 0 Å². The zero-order valence-corrected chi connectivity index (χ0v) is 13.5. The van der Waals surface area contributed by atoms with Gasteiger partial charge < -0.3 is 5.11 Å². The first-order valence-corrected chi connectivity index (χ1v) is 7.55. The van der Waals surface area contributed by atoms with Crippen LogP contribution in [0.2, 0.25) is 5.02 Å². The van der Waals surface area contributed by atoms with Crippen molar-refractivity contribution in [2.24, 2.45) is 5.92 Å². The highest BCUT2D eigenvalue weighted by Crippen LogP contribution is 2.34. The number of fused-ring (bicyclic) bond motifs is 1. The molecule has 2 aromatic rings. The van der Waals surface area contributed by atoms with Crippen molar-refractivity contribution in [1.29, 1.82) is 0 Å². The topological polar surface area (TPSA) is 50.2 Å². The van der Waals surface area contributed by atoms with Gasteiger partial charge in [-0.25, -0.2) is 4.79 Å². The summed E-state index contributed by atoms with van der Waals surface area (Å²) in [5, 5.41) is 10.7. The van der Waals surface area contributed by atoms with Crippen LogP contribution in [0.3, 0.4) is 0 Å². The van der Waals surface area contributed by atoms with Crippen molar-refractivity contribution in [2.75, 3.05) is 0 Å². The largest absolute Gasteiger partial charge is 0.478 e. The molecule has 0 aliphatic heterocycles. The van der Waals surface area contributed by atoms with Crippen LogP contribution in [0.4, 0.5) is 0 Å². The molecule has 0 aliphatic carbocycles. The molecule has 4 heteroatoms. The van der Waals surface area contributed by atoms with E-state index in [1.165, 1.54) is 0 Å². The summed E-state index contributed by atoms with van der Waals surface area (Å²) in [4.78, 5) is 16.5. The van der Waals surface area contributed by atoms with Crippen LogP contribution in [0.25, 0.3) is 10.9 Å². The molecule has 0 aliphatic rings. The molecule has 0 saturated heterocycles. The van der Waals surface area contributed by atoms with E-state index in [0.29, 0.717) is 27.4 Å². The van der Waals surface area contributed by atoms with Gasteiger partial charge in [0.25, 0.3) is 0 Å². The molecule has 0 amide bonds. The Kier molecular flexibility index (Phi) is 4.52. The number of carboxylic acid groups (broad SMARTS) is 1. The molecule has 0 unspecified atom stereocenters. The maximum atomic E-state index is 11.8. The number of aromatic nitrogens is 1. The van der Waals surface area contributed by atoms with Crippen LogP contribution < -0.4 is 0 Å². The van der Waals surface area contributed by atoms with Crippen molar-refractivity contribution in [3.05, 3.63) is 40.0 Å². The summed E-state index contributed by atoms with van der Waals surface area (Å²) >= 11 is 6.24. The van der Waals surface area contributed by atoms with Crippen LogP contribution in [0.1, 0.15) is 55.2 Å². The molecule has 1 aromatic heterocycles. The van der Waals surface area contributed by atoms with Crippen LogP contribution in [0.5, 0.6) is 0 Å². The van der Waals surface area contributed by atoms with E-state index in [-0.39, 0.29) is 5.92 Å². The first kappa shape index (κ1) is 15.8. The number of carbonyl (C=O) groups is 1. The Bertz CT molecular complexity index is 693. The van der Waals surface area contributed by atoms with Crippen molar-refractivity contribution in [1.82, 2.24) is 4.98 Å². The second-order valence-electron chi connectivity index (χ2n) is 6.04. The molecule has 1 heterocycles. The first-order chi connectivity index (χ1) is 9.82. The highest BCUT2D eigenvalue weighted by molar-refractivity contribution is 6.36. The van der Waals surface area contributed by atoms with E-state index in [1.807, 2.05) is 19.9 Å². The van der Waals surface area contributed by atoms with Crippen molar-refractivity contribution < 1.29 is 9.90 Å². The number of aromatic carboxylic acids is 1. The van der Waals surface area contributed by atoms with Crippen molar-refractivity contribution in [3.8, 4) is 0 Å². The van der Waals surface area contributed by atoms with Gasteiger partial charge in [0.2, 0.25) is 0 Å². The second-order valence-corrected chi connectivity index (χ2v) is 6.45. The van der Waals surface area contributed by atoms with E-state index in [1.54, 1.807) is 12.1 Å². The van der Waals surface area contributed by atoms with E-state index in [0.717, 1.165) is 17.7 Å². The maximum Gasteiger partial charge on any atom is 0.336 e. The summed E-state index contributed by atoms with van der Waals surface area (Å²) in [7, 11) is 0. The van der Waals surface area contributed by atoms with Gasteiger partial charge in [0.1, 0.15) is 0 Å². The Morgan fingerprint density at radius 2 is 1.95 bits per heavy atom. The van der Waals surface area contributed by atoms with Gasteiger partial charge in [-0.15, -0.1) is 0 Å². The summed E-state index contributed by atoms with van der Waals surface area (Å²) in [5.74, 6) is -0.449. The fourth-order valence-electron chi connectivity index (χ4n) is 2.72. The smallest absolute Gasteiger partial charge is 0.336 e. The zero-order chi connectivity index (χ0) is 15.7. The summed E-state index contributed by atoms with van der Waals surface area (Å²) in [6.07, 6.45) is 0.760. The minimum absolute atomic E-state index is 0.0815. The van der Waals surface area contributed by atoms with Crippen molar-refractivity contribution >= 4 is 28.5 Å². The Morgan fingerprint density at radius 1 is 1.29 bits per heavy atom. The standard InChI is InChI=1S/C17H20ClNO2/c1-9(2)8-13-14(10(3)4)16(17(20)21)15-11(18)6-5-7-12(15)19-13/h5-7,9-10H,8H2,1-4H3,(H,20,21). The van der Waals surface area contributed by atoms with Crippen LogP contribution in [-0.4, -0.2) is 16.1 Å². The van der Waals surface area contributed by atoms with E-state index in [9.17, 15) is 9.90 Å². The molecule has 0 radical (unpaired) electrons. The summed E-state index contributed by atoms with van der Waals surface area (Å²) in [6.45, 7) is 8.20. The molecular formula is C17H20ClNO2. The lowest BCUT2D eigenvalue weighted by Crippen LogP contribution is -2.13. The van der Waals surface area contributed by atoms with E-state index in [2.05, 4.69) is 13.8 Å². The van der Waals surface area contributed by atoms with Gasteiger partial charge in [-0.05, 0) is 36.0 Å². The summed E-state index contributed by atoms with van der Waals surface area (Å²) in [5.41, 5.74) is 2.63. The fourth-order valence-corrected chi connectivity index (χ4v) is 2.99. The predicted octanol–water partition coefficient (Wildman–Crippen LogP) is 4.91. The van der Waals surface area contributed by atoms with Gasteiger partial charge in [0.05, 0.1) is 16.1 Å². The Labute approximate surface area is 130 Å². The third kappa shape index (κ3) is 3.03. The highest BCUT2D eigenvalue weighted by atomic mass is 35.5. The number of benzene rings is 1. The lowest BCUT2D eigenvalue weighted by atomic mass is 9.89. The van der Waals surface area contributed by atoms with Gasteiger partial charge in [-0.1, -0.05) is 45.4 Å². The van der Waals surface area contributed by atoms with Gasteiger partial charge in [-0.2, -0.15) is 0 Å². The van der Waals surface area contributed by atoms with Gasteiger partial charge in [-0.3, -0.25) is 4.98 Å². The number of hydrogen-bond acceptors (Lipinski definition) is 2. The molecule has 0 saturated carbocycles. The molecule has 1 N–H and O–H groups in total. The number of halogens is 1. The molecule has 0 spiro atoms. The average Bonchev–Trinajstić information content (AvgIpc) is 2.36. The Morgan fingerprint density at radius 3 is 2.48 bits per heavy atom. The van der Waals surface area contributed by atoms with Crippen LogP contribution >= 0.6 is 11.6 Å². The van der Waals surface area contributed by atoms with Crippen LogP contribution in [-0.2, 0) is 6.42 Å². The molecule has 0 atom stereocenters. The number of carboxylic acids is 1. The number of pyridine rings is 1. The first-order valence-electron chi connectivity index (χ1n) is 7.17. The summed E-state index contributed by atoms with van der Waals surface area (Å²) < 4.78 is 0. The normalized spacial score (nSPS) is 11.6. The van der Waals surface area contributed by atoms with Crippen molar-refractivity contribution in [3.63, 3.8) is 0 Å². The third-order valence-corrected chi connectivity index (χ3v) is 3.79. The molecule has 21 heavy (non-hydrogen) atoms. The number of rotatable bonds is 4. The molecule has 0 bridgehead atoms. The summed E-state index contributed by atoms with van der Waals surface area (Å²) in [6, 6.07) is 5.34. The quantitative estimate of drug-likeness (QED) is 0.873. The van der Waals surface area contributed by atoms with E-state index < -0.39 is 5.97 Å². The zero-order valence-electron chi connectivity index (χ0n) is 12.8. The predicted molar refractivity (Wildman–Crippen MR) is 86.3 cm³/mol. The third-order valence-electron chi connectivity index (χ3n) is 3.47. The number of hydrogen-bond donors (Lipinski definition) is 1. The Balaban J connectivity index is 2.92. The van der Waals surface area contributed by atoms with Crippen molar-refractivity contribution in [2.45, 2.75) is 40.0 Å². The van der Waals surface area contributed by atoms with Crippen LogP contribution in [0.15, 0.2) is 18.2 Å². The molecule has 0 fully saturated rings. The molecule has 112 valence electrons. The van der Waals surface area contributed by atoms with Gasteiger partial charge >= 0.3 is 5.97 Å². The average molecular weight is 306 g/mol.